The summed E-state index contributed by atoms with van der Waals surface area (Å²) in [6.07, 6.45) is 0.727. The van der Waals surface area contributed by atoms with Gasteiger partial charge in [0.25, 0.3) is 0 Å². The van der Waals surface area contributed by atoms with Gasteiger partial charge in [0.1, 0.15) is 5.54 Å². The van der Waals surface area contributed by atoms with Crippen molar-refractivity contribution in [3.05, 3.63) is 0 Å². The Kier molecular flexibility index (Phi) is 4.78. The molecule has 0 aromatic heterocycles. The number of carboxylic acid groups (broad SMARTS) is 1. The molecule has 0 aliphatic carbocycles. The maximum absolute atomic E-state index is 11.9. The standard InChI is InChI=1S/C11H21NO3/c1-6-8(3)9(13)12(7-2)11(4,5)10(14)15/h8H,6-7H2,1-5H3,(H,14,15). The second kappa shape index (κ2) is 5.14. The molecule has 0 aromatic rings. The SMILES string of the molecule is CCC(C)C(=O)N(CC)C(C)(C)C(=O)O. The Labute approximate surface area is 91.3 Å². The minimum Gasteiger partial charge on any atom is -0.480 e. The summed E-state index contributed by atoms with van der Waals surface area (Å²) in [5.41, 5.74) is -1.13. The predicted octanol–water partition coefficient (Wildman–Crippen LogP) is 1.74. The highest BCUT2D eigenvalue weighted by Gasteiger charge is 2.37. The molecule has 4 heteroatoms. The molecule has 1 unspecified atom stereocenters. The van der Waals surface area contributed by atoms with Gasteiger partial charge in [-0.25, -0.2) is 4.79 Å². The van der Waals surface area contributed by atoms with Crippen molar-refractivity contribution < 1.29 is 14.7 Å². The van der Waals surface area contributed by atoms with Crippen molar-refractivity contribution in [2.75, 3.05) is 6.54 Å². The Morgan fingerprint density at radius 1 is 1.33 bits per heavy atom. The van der Waals surface area contributed by atoms with Gasteiger partial charge < -0.3 is 10.0 Å². The number of carboxylic acids is 1. The number of carbonyl (C=O) groups is 2. The van der Waals surface area contributed by atoms with Crippen molar-refractivity contribution in [3.63, 3.8) is 0 Å². The van der Waals surface area contributed by atoms with Gasteiger partial charge in [-0.15, -0.1) is 0 Å². The van der Waals surface area contributed by atoms with Crippen molar-refractivity contribution in [2.24, 2.45) is 5.92 Å². The zero-order valence-electron chi connectivity index (χ0n) is 10.2. The second-order valence-corrected chi connectivity index (χ2v) is 4.26. The fraction of sp³-hybridized carbons (Fsp3) is 0.818. The fourth-order valence-corrected chi connectivity index (χ4v) is 1.38. The normalized spacial score (nSPS) is 13.4. The number of hydrogen-bond acceptors (Lipinski definition) is 2. The van der Waals surface area contributed by atoms with E-state index in [4.69, 9.17) is 5.11 Å². The monoisotopic (exact) mass is 215 g/mol. The molecule has 1 atom stereocenters. The first-order valence-electron chi connectivity index (χ1n) is 5.33. The molecule has 0 rings (SSSR count). The summed E-state index contributed by atoms with van der Waals surface area (Å²) in [6, 6.07) is 0. The molecule has 0 bridgehead atoms. The molecule has 0 heterocycles. The van der Waals surface area contributed by atoms with Crippen molar-refractivity contribution >= 4 is 11.9 Å². The van der Waals surface area contributed by atoms with E-state index in [1.165, 1.54) is 4.90 Å². The second-order valence-electron chi connectivity index (χ2n) is 4.26. The Morgan fingerprint density at radius 2 is 1.80 bits per heavy atom. The molecule has 0 aromatic carbocycles. The zero-order chi connectivity index (χ0) is 12.2. The van der Waals surface area contributed by atoms with Gasteiger partial charge in [0, 0.05) is 12.5 Å². The molecule has 0 fully saturated rings. The van der Waals surface area contributed by atoms with Crippen LogP contribution in [0.5, 0.6) is 0 Å². The van der Waals surface area contributed by atoms with Gasteiger partial charge in [-0.2, -0.15) is 0 Å². The Morgan fingerprint density at radius 3 is 2.07 bits per heavy atom. The van der Waals surface area contributed by atoms with Crippen LogP contribution in [0.4, 0.5) is 0 Å². The minimum absolute atomic E-state index is 0.0904. The summed E-state index contributed by atoms with van der Waals surface area (Å²) in [5, 5.41) is 9.05. The molecular weight excluding hydrogens is 194 g/mol. The largest absolute Gasteiger partial charge is 0.480 e. The number of amides is 1. The van der Waals surface area contributed by atoms with E-state index in [1.807, 2.05) is 13.8 Å². The maximum atomic E-state index is 11.9. The van der Waals surface area contributed by atoms with Crippen LogP contribution in [0, 0.1) is 5.92 Å². The van der Waals surface area contributed by atoms with E-state index in [-0.39, 0.29) is 11.8 Å². The molecule has 0 aliphatic rings. The smallest absolute Gasteiger partial charge is 0.329 e. The molecule has 88 valence electrons. The first-order valence-corrected chi connectivity index (χ1v) is 5.33. The molecule has 0 saturated heterocycles. The van der Waals surface area contributed by atoms with Crippen LogP contribution in [0.2, 0.25) is 0 Å². The van der Waals surface area contributed by atoms with E-state index in [2.05, 4.69) is 0 Å². The van der Waals surface area contributed by atoms with Crippen LogP contribution in [0.1, 0.15) is 41.0 Å². The topological polar surface area (TPSA) is 57.6 Å². The van der Waals surface area contributed by atoms with Gasteiger partial charge in [0.15, 0.2) is 0 Å². The number of hydrogen-bond donors (Lipinski definition) is 1. The van der Waals surface area contributed by atoms with Crippen molar-refractivity contribution in [2.45, 2.75) is 46.6 Å². The number of likely N-dealkylation sites (N-methyl/N-ethyl adjacent to an activating group) is 1. The van der Waals surface area contributed by atoms with Crippen LogP contribution in [0.3, 0.4) is 0 Å². The van der Waals surface area contributed by atoms with Gasteiger partial charge in [-0.1, -0.05) is 13.8 Å². The Bertz CT molecular complexity index is 248. The van der Waals surface area contributed by atoms with Crippen molar-refractivity contribution in [3.8, 4) is 0 Å². The van der Waals surface area contributed by atoms with Crippen LogP contribution >= 0.6 is 0 Å². The van der Waals surface area contributed by atoms with Crippen molar-refractivity contribution in [1.29, 1.82) is 0 Å². The first-order chi connectivity index (χ1) is 6.78. The number of carbonyl (C=O) groups excluding carboxylic acids is 1. The molecule has 0 spiro atoms. The third kappa shape index (κ3) is 2.94. The van der Waals surface area contributed by atoms with E-state index < -0.39 is 11.5 Å². The third-order valence-electron chi connectivity index (χ3n) is 2.81. The molecular formula is C11H21NO3. The van der Waals surface area contributed by atoms with E-state index in [1.54, 1.807) is 20.8 Å². The molecule has 15 heavy (non-hydrogen) atoms. The summed E-state index contributed by atoms with van der Waals surface area (Å²) in [5.74, 6) is -1.18. The van der Waals surface area contributed by atoms with E-state index in [0.717, 1.165) is 6.42 Å². The van der Waals surface area contributed by atoms with Gasteiger partial charge in [0.2, 0.25) is 5.91 Å². The summed E-state index contributed by atoms with van der Waals surface area (Å²) in [7, 11) is 0. The van der Waals surface area contributed by atoms with Crippen molar-refractivity contribution in [1.82, 2.24) is 4.90 Å². The van der Waals surface area contributed by atoms with Gasteiger partial charge in [0.05, 0.1) is 0 Å². The first kappa shape index (κ1) is 13.9. The lowest BCUT2D eigenvalue weighted by molar-refractivity contribution is -0.158. The van der Waals surface area contributed by atoms with Crippen LogP contribution in [0.25, 0.3) is 0 Å². The number of rotatable bonds is 5. The van der Waals surface area contributed by atoms with Crippen LogP contribution < -0.4 is 0 Å². The van der Waals surface area contributed by atoms with E-state index in [0.29, 0.717) is 6.54 Å². The highest BCUT2D eigenvalue weighted by molar-refractivity contribution is 5.87. The fourth-order valence-electron chi connectivity index (χ4n) is 1.38. The lowest BCUT2D eigenvalue weighted by atomic mass is 9.99. The molecule has 4 nitrogen and oxygen atoms in total. The minimum atomic E-state index is -1.13. The Balaban J connectivity index is 4.91. The Hall–Kier alpha value is -1.06. The molecule has 1 N–H and O–H groups in total. The summed E-state index contributed by atoms with van der Waals surface area (Å²) >= 11 is 0. The molecule has 1 amide bonds. The van der Waals surface area contributed by atoms with Gasteiger partial charge in [-0.05, 0) is 27.2 Å². The third-order valence-corrected chi connectivity index (χ3v) is 2.81. The summed E-state index contributed by atoms with van der Waals surface area (Å²) in [4.78, 5) is 24.4. The molecule has 0 radical (unpaired) electrons. The number of nitrogens with zero attached hydrogens (tertiary/aromatic N) is 1. The lowest BCUT2D eigenvalue weighted by Gasteiger charge is -2.35. The maximum Gasteiger partial charge on any atom is 0.329 e. The van der Waals surface area contributed by atoms with Gasteiger partial charge >= 0.3 is 5.97 Å². The highest BCUT2D eigenvalue weighted by Crippen LogP contribution is 2.18. The number of aliphatic carboxylic acids is 1. The average molecular weight is 215 g/mol. The lowest BCUT2D eigenvalue weighted by Crippen LogP contribution is -2.54. The quantitative estimate of drug-likeness (QED) is 0.760. The van der Waals surface area contributed by atoms with Gasteiger partial charge in [-0.3, -0.25) is 4.79 Å². The van der Waals surface area contributed by atoms with E-state index in [9.17, 15) is 9.59 Å². The molecule has 0 aliphatic heterocycles. The predicted molar refractivity (Wildman–Crippen MR) is 58.6 cm³/mol. The zero-order valence-corrected chi connectivity index (χ0v) is 10.2. The summed E-state index contributed by atoms with van der Waals surface area (Å²) < 4.78 is 0. The average Bonchev–Trinajstić information content (AvgIpc) is 2.16. The van der Waals surface area contributed by atoms with Crippen LogP contribution in [-0.4, -0.2) is 34.0 Å². The van der Waals surface area contributed by atoms with E-state index >= 15 is 0 Å². The van der Waals surface area contributed by atoms with Crippen LogP contribution in [0.15, 0.2) is 0 Å². The highest BCUT2D eigenvalue weighted by atomic mass is 16.4. The van der Waals surface area contributed by atoms with Crippen LogP contribution in [-0.2, 0) is 9.59 Å². The summed E-state index contributed by atoms with van der Waals surface area (Å²) in [6.45, 7) is 9.07. The molecule has 0 saturated carbocycles.